The van der Waals surface area contributed by atoms with Gasteiger partial charge < -0.3 is 29.6 Å². The van der Waals surface area contributed by atoms with Gasteiger partial charge in [0.15, 0.2) is 0 Å². The van der Waals surface area contributed by atoms with Crippen LogP contribution in [0.1, 0.15) is 47.4 Å². The SMILES string of the molecule is COC(=O)C1C(O)C(OC(=O)c2ccccc2NC(C)=O)CC2CN3CCc4c([nH]c5cc(OC)ccc45)C3CC21. The Labute approximate surface area is 237 Å². The van der Waals surface area contributed by atoms with Crippen LogP contribution in [0, 0.1) is 17.8 Å². The van der Waals surface area contributed by atoms with Crippen LogP contribution in [-0.2, 0) is 25.5 Å². The molecule has 1 saturated heterocycles. The van der Waals surface area contributed by atoms with Crippen molar-refractivity contribution in [3.63, 3.8) is 0 Å². The monoisotopic (exact) mass is 561 g/mol. The summed E-state index contributed by atoms with van der Waals surface area (Å²) in [6, 6.07) is 12.7. The Hall–Kier alpha value is -3.89. The second kappa shape index (κ2) is 10.8. The van der Waals surface area contributed by atoms with Crippen molar-refractivity contribution in [1.29, 1.82) is 0 Å². The van der Waals surface area contributed by atoms with Gasteiger partial charge in [-0.2, -0.15) is 0 Å². The lowest BCUT2D eigenvalue weighted by atomic mass is 9.64. The van der Waals surface area contributed by atoms with Gasteiger partial charge in [-0.3, -0.25) is 14.5 Å². The number of rotatable bonds is 5. The van der Waals surface area contributed by atoms with Gasteiger partial charge in [-0.15, -0.1) is 0 Å². The quantitative estimate of drug-likeness (QED) is 0.404. The van der Waals surface area contributed by atoms with Gasteiger partial charge >= 0.3 is 11.9 Å². The Morgan fingerprint density at radius 1 is 1.10 bits per heavy atom. The van der Waals surface area contributed by atoms with E-state index in [0.717, 1.165) is 29.9 Å². The van der Waals surface area contributed by atoms with Gasteiger partial charge in [0.05, 0.1) is 37.4 Å². The number of fused-ring (bicyclic) bond motifs is 6. The number of esters is 2. The molecule has 1 aliphatic carbocycles. The molecule has 3 heterocycles. The molecule has 1 saturated carbocycles. The van der Waals surface area contributed by atoms with Crippen molar-refractivity contribution in [2.45, 2.75) is 44.4 Å². The number of aliphatic hydroxyl groups excluding tert-OH is 1. The Kier molecular flexibility index (Phi) is 7.21. The molecule has 6 unspecified atom stereocenters. The topological polar surface area (TPSA) is 130 Å². The first kappa shape index (κ1) is 27.3. The van der Waals surface area contributed by atoms with Gasteiger partial charge in [-0.05, 0) is 60.9 Å². The van der Waals surface area contributed by atoms with Crippen LogP contribution in [0.15, 0.2) is 42.5 Å². The molecule has 0 radical (unpaired) electrons. The second-order valence-electron chi connectivity index (χ2n) is 11.3. The number of methoxy groups -OCH3 is 2. The van der Waals surface area contributed by atoms with Crippen molar-refractivity contribution in [3.8, 4) is 5.75 Å². The summed E-state index contributed by atoms with van der Waals surface area (Å²) in [5.41, 5.74) is 3.99. The Balaban J connectivity index is 1.27. The molecule has 1 amide bonds. The van der Waals surface area contributed by atoms with Gasteiger partial charge in [-0.1, -0.05) is 12.1 Å². The molecular formula is C31H35N3O7. The molecule has 2 fully saturated rings. The Morgan fingerprint density at radius 2 is 1.90 bits per heavy atom. The molecule has 0 bridgehead atoms. The first-order valence-electron chi connectivity index (χ1n) is 14.0. The third kappa shape index (κ3) is 4.85. The summed E-state index contributed by atoms with van der Waals surface area (Å²) < 4.78 is 16.4. The summed E-state index contributed by atoms with van der Waals surface area (Å²) in [6.45, 7) is 2.95. The third-order valence-corrected chi connectivity index (χ3v) is 9.07. The van der Waals surface area contributed by atoms with E-state index in [4.69, 9.17) is 14.2 Å². The number of hydrogen-bond acceptors (Lipinski definition) is 8. The number of ether oxygens (including phenoxy) is 3. The number of carbonyl (C=O) groups is 3. The number of amides is 1. The number of aromatic nitrogens is 1. The fourth-order valence-corrected chi connectivity index (χ4v) is 7.24. The van der Waals surface area contributed by atoms with Crippen LogP contribution in [-0.4, -0.2) is 72.4 Å². The lowest BCUT2D eigenvalue weighted by Crippen LogP contribution is -2.58. The highest BCUT2D eigenvalue weighted by atomic mass is 16.6. The van der Waals surface area contributed by atoms with Gasteiger partial charge in [0.25, 0.3) is 0 Å². The van der Waals surface area contributed by atoms with Gasteiger partial charge in [-0.25, -0.2) is 4.79 Å². The summed E-state index contributed by atoms with van der Waals surface area (Å²) in [5.74, 6) is -1.65. The maximum atomic E-state index is 13.2. The summed E-state index contributed by atoms with van der Waals surface area (Å²) in [5, 5.41) is 15.3. The molecule has 3 aliphatic rings. The standard InChI is InChI=1S/C31H35N3O7/c1-16(35)32-23-7-5-4-6-21(23)30(37)41-26-12-17-15-34-11-10-20-19-9-8-18(39-2)13-24(19)33-28(20)25(34)14-22(17)27(29(26)36)31(38)40-3/h4-9,13,17,22,25-27,29,33,36H,10-12,14-15H2,1-3H3,(H,32,35). The summed E-state index contributed by atoms with van der Waals surface area (Å²) in [7, 11) is 2.98. The van der Waals surface area contributed by atoms with Gasteiger partial charge in [0.1, 0.15) is 18.0 Å². The molecule has 3 N–H and O–H groups in total. The lowest BCUT2D eigenvalue weighted by Gasteiger charge is -2.52. The molecule has 6 atom stereocenters. The fraction of sp³-hybridized carbons (Fsp3) is 0.452. The molecule has 6 rings (SSSR count). The molecule has 3 aromatic rings. The Morgan fingerprint density at radius 3 is 2.66 bits per heavy atom. The summed E-state index contributed by atoms with van der Waals surface area (Å²) in [4.78, 5) is 44.1. The minimum Gasteiger partial charge on any atom is -0.497 e. The first-order valence-corrected chi connectivity index (χ1v) is 14.0. The first-order chi connectivity index (χ1) is 19.8. The molecule has 0 spiro atoms. The van der Waals surface area contributed by atoms with Crippen LogP contribution >= 0.6 is 0 Å². The second-order valence-corrected chi connectivity index (χ2v) is 11.3. The van der Waals surface area contributed by atoms with E-state index < -0.39 is 30.1 Å². The van der Waals surface area contributed by atoms with Crippen molar-refractivity contribution in [2.75, 3.05) is 32.6 Å². The van der Waals surface area contributed by atoms with Crippen LogP contribution in [0.3, 0.4) is 0 Å². The smallest absolute Gasteiger partial charge is 0.340 e. The van der Waals surface area contributed by atoms with E-state index in [0.29, 0.717) is 25.1 Å². The zero-order valence-electron chi connectivity index (χ0n) is 23.4. The van der Waals surface area contributed by atoms with Crippen LogP contribution < -0.4 is 10.1 Å². The molecule has 41 heavy (non-hydrogen) atoms. The average molecular weight is 562 g/mol. The molecule has 2 aliphatic heterocycles. The molecule has 2 aromatic carbocycles. The number of H-pyrrole nitrogens is 1. The van der Waals surface area contributed by atoms with Crippen molar-refractivity contribution in [2.24, 2.45) is 17.8 Å². The maximum absolute atomic E-state index is 13.2. The van der Waals surface area contributed by atoms with Gasteiger partial charge in [0.2, 0.25) is 5.91 Å². The van der Waals surface area contributed by atoms with Crippen molar-refractivity contribution < 1.29 is 33.7 Å². The van der Waals surface area contributed by atoms with Crippen LogP contribution in [0.4, 0.5) is 5.69 Å². The molecule has 1 aromatic heterocycles. The number of carbonyl (C=O) groups excluding carboxylic acids is 3. The summed E-state index contributed by atoms with van der Waals surface area (Å²) >= 11 is 0. The Bertz CT molecular complexity index is 1500. The van der Waals surface area contributed by atoms with Gasteiger partial charge in [0, 0.05) is 42.7 Å². The molecule has 10 heteroatoms. The third-order valence-electron chi connectivity index (χ3n) is 9.07. The van der Waals surface area contributed by atoms with E-state index in [1.165, 1.54) is 25.0 Å². The van der Waals surface area contributed by atoms with Crippen LogP contribution in [0.5, 0.6) is 5.75 Å². The highest BCUT2D eigenvalue weighted by Gasteiger charge is 2.53. The number of aliphatic hydroxyl groups is 1. The number of para-hydroxylation sites is 1. The van der Waals surface area contributed by atoms with E-state index in [1.807, 2.05) is 12.1 Å². The number of anilines is 1. The highest BCUT2D eigenvalue weighted by molar-refractivity contribution is 6.00. The minimum atomic E-state index is -1.22. The number of aromatic amines is 1. The molecule has 10 nitrogen and oxygen atoms in total. The van der Waals surface area contributed by atoms with E-state index in [-0.39, 0.29) is 29.3 Å². The number of piperidine rings is 1. The van der Waals surface area contributed by atoms with Crippen molar-refractivity contribution >= 4 is 34.4 Å². The fourth-order valence-electron chi connectivity index (χ4n) is 7.24. The highest BCUT2D eigenvalue weighted by Crippen LogP contribution is 2.50. The lowest BCUT2D eigenvalue weighted by molar-refractivity contribution is -0.172. The number of hydrogen-bond donors (Lipinski definition) is 3. The van der Waals surface area contributed by atoms with E-state index in [1.54, 1.807) is 31.4 Å². The van der Waals surface area contributed by atoms with E-state index >= 15 is 0 Å². The van der Waals surface area contributed by atoms with E-state index in [9.17, 15) is 19.5 Å². The maximum Gasteiger partial charge on any atom is 0.340 e. The zero-order valence-corrected chi connectivity index (χ0v) is 23.4. The van der Waals surface area contributed by atoms with Crippen molar-refractivity contribution in [1.82, 2.24) is 9.88 Å². The van der Waals surface area contributed by atoms with Crippen LogP contribution in [0.2, 0.25) is 0 Å². The number of nitrogens with one attached hydrogen (secondary N) is 2. The average Bonchev–Trinajstić information content (AvgIpc) is 3.34. The zero-order chi connectivity index (χ0) is 28.8. The number of nitrogens with zero attached hydrogens (tertiary/aromatic N) is 1. The molecular weight excluding hydrogens is 526 g/mol. The summed E-state index contributed by atoms with van der Waals surface area (Å²) in [6.07, 6.45) is -0.118. The predicted octanol–water partition coefficient (Wildman–Crippen LogP) is 3.45. The van der Waals surface area contributed by atoms with Crippen LogP contribution in [0.25, 0.3) is 10.9 Å². The predicted molar refractivity (Wildman–Crippen MR) is 151 cm³/mol. The minimum absolute atomic E-state index is 0.0214. The molecule has 216 valence electrons. The van der Waals surface area contributed by atoms with Crippen molar-refractivity contribution in [3.05, 3.63) is 59.3 Å². The largest absolute Gasteiger partial charge is 0.497 e. The number of benzene rings is 2. The normalized spacial score (nSPS) is 27.2. The van der Waals surface area contributed by atoms with E-state index in [2.05, 4.69) is 21.3 Å².